The van der Waals surface area contributed by atoms with Crippen molar-refractivity contribution in [2.75, 3.05) is 6.54 Å². The highest BCUT2D eigenvalue weighted by Crippen LogP contribution is 2.30. The van der Waals surface area contributed by atoms with E-state index in [1.807, 2.05) is 10.9 Å². The van der Waals surface area contributed by atoms with Crippen LogP contribution in [0, 0.1) is 11.3 Å². The topological polar surface area (TPSA) is 29.9 Å². The zero-order valence-corrected chi connectivity index (χ0v) is 13.5. The number of nitrogens with zero attached hydrogens (tertiary/aromatic N) is 2. The van der Waals surface area contributed by atoms with Gasteiger partial charge in [0, 0.05) is 24.3 Å². The van der Waals surface area contributed by atoms with Gasteiger partial charge in [-0.05, 0) is 37.6 Å². The number of nitrogens with one attached hydrogen (secondary N) is 1. The van der Waals surface area contributed by atoms with Gasteiger partial charge in [-0.2, -0.15) is 5.10 Å². The monoisotopic (exact) mass is 265 g/mol. The molecule has 1 aromatic rings. The zero-order chi connectivity index (χ0) is 14.5. The van der Waals surface area contributed by atoms with Crippen molar-refractivity contribution >= 4 is 0 Å². The Bertz CT molecular complexity index is 362. The Morgan fingerprint density at radius 3 is 2.47 bits per heavy atom. The van der Waals surface area contributed by atoms with E-state index in [2.05, 4.69) is 58.2 Å². The molecule has 0 spiro atoms. The highest BCUT2D eigenvalue weighted by Gasteiger charge is 2.20. The largest absolute Gasteiger partial charge is 0.310 e. The quantitative estimate of drug-likeness (QED) is 0.807. The van der Waals surface area contributed by atoms with Crippen molar-refractivity contribution in [1.82, 2.24) is 15.1 Å². The van der Waals surface area contributed by atoms with E-state index in [-0.39, 0.29) is 0 Å². The van der Waals surface area contributed by atoms with E-state index in [0.29, 0.717) is 17.4 Å². The third kappa shape index (κ3) is 5.77. The van der Waals surface area contributed by atoms with E-state index in [0.717, 1.165) is 13.1 Å². The summed E-state index contributed by atoms with van der Waals surface area (Å²) in [5.41, 5.74) is 1.73. The molecule has 110 valence electrons. The lowest BCUT2D eigenvalue weighted by Gasteiger charge is -2.26. The molecule has 2 unspecified atom stereocenters. The van der Waals surface area contributed by atoms with Gasteiger partial charge in [-0.3, -0.25) is 4.68 Å². The fraction of sp³-hybridized carbons (Fsp3) is 0.812. The van der Waals surface area contributed by atoms with Gasteiger partial charge < -0.3 is 5.32 Å². The summed E-state index contributed by atoms with van der Waals surface area (Å²) in [6, 6.07) is 0.433. The Morgan fingerprint density at radius 1 is 1.32 bits per heavy atom. The number of hydrogen-bond acceptors (Lipinski definition) is 2. The normalized spacial score (nSPS) is 15.5. The van der Waals surface area contributed by atoms with Crippen molar-refractivity contribution < 1.29 is 0 Å². The highest BCUT2D eigenvalue weighted by atomic mass is 15.3. The minimum Gasteiger partial charge on any atom is -0.310 e. The first-order valence-electron chi connectivity index (χ1n) is 7.61. The Kier molecular flexibility index (Phi) is 6.05. The second-order valence-corrected chi connectivity index (χ2v) is 6.85. The van der Waals surface area contributed by atoms with Gasteiger partial charge >= 0.3 is 0 Å². The molecular formula is C16H31N3. The maximum atomic E-state index is 4.40. The van der Waals surface area contributed by atoms with E-state index >= 15 is 0 Å². The second kappa shape index (κ2) is 7.09. The van der Waals surface area contributed by atoms with Crippen LogP contribution >= 0.6 is 0 Å². The van der Waals surface area contributed by atoms with Gasteiger partial charge in [0.15, 0.2) is 0 Å². The average Bonchev–Trinajstić information content (AvgIpc) is 2.74. The number of aryl methyl sites for hydroxylation is 1. The Labute approximate surface area is 118 Å². The third-order valence-corrected chi connectivity index (χ3v) is 3.43. The summed E-state index contributed by atoms with van der Waals surface area (Å²) in [4.78, 5) is 0. The van der Waals surface area contributed by atoms with Crippen LogP contribution in [0.4, 0.5) is 0 Å². The molecule has 0 amide bonds. The van der Waals surface area contributed by atoms with Gasteiger partial charge in [0.2, 0.25) is 0 Å². The predicted octanol–water partition coefficient (Wildman–Crippen LogP) is 4.02. The van der Waals surface area contributed by atoms with E-state index in [9.17, 15) is 0 Å². The van der Waals surface area contributed by atoms with Crippen molar-refractivity contribution in [3.05, 3.63) is 18.0 Å². The Hall–Kier alpha value is -0.830. The second-order valence-electron chi connectivity index (χ2n) is 6.85. The number of rotatable bonds is 7. The lowest BCUT2D eigenvalue weighted by Crippen LogP contribution is -2.24. The van der Waals surface area contributed by atoms with Crippen LogP contribution < -0.4 is 5.32 Å². The van der Waals surface area contributed by atoms with Gasteiger partial charge in [0.05, 0.1) is 6.20 Å². The number of aromatic nitrogens is 2. The van der Waals surface area contributed by atoms with Crippen LogP contribution in [0.25, 0.3) is 0 Å². The molecule has 2 atom stereocenters. The van der Waals surface area contributed by atoms with E-state index < -0.39 is 0 Å². The Balaban J connectivity index is 2.67. The maximum absolute atomic E-state index is 4.40. The van der Waals surface area contributed by atoms with E-state index in [1.165, 1.54) is 18.4 Å². The van der Waals surface area contributed by atoms with Gasteiger partial charge in [-0.1, -0.05) is 34.6 Å². The molecule has 0 aliphatic heterocycles. The molecule has 3 heteroatoms. The van der Waals surface area contributed by atoms with E-state index in [1.54, 1.807) is 0 Å². The minimum absolute atomic E-state index is 0.407. The SMILES string of the molecule is CCNC(CC(C)CC(C)(C)C)c1cnn(CC)c1. The summed E-state index contributed by atoms with van der Waals surface area (Å²) in [5, 5.41) is 8.00. The van der Waals surface area contributed by atoms with Crippen LogP contribution in [-0.4, -0.2) is 16.3 Å². The van der Waals surface area contributed by atoms with Crippen molar-refractivity contribution in [3.8, 4) is 0 Å². The summed E-state index contributed by atoms with van der Waals surface area (Å²) in [6.07, 6.45) is 6.63. The fourth-order valence-corrected chi connectivity index (χ4v) is 2.85. The van der Waals surface area contributed by atoms with Crippen LogP contribution in [-0.2, 0) is 6.54 Å². The first-order valence-corrected chi connectivity index (χ1v) is 7.61. The van der Waals surface area contributed by atoms with Crippen molar-refractivity contribution in [2.24, 2.45) is 11.3 Å². The van der Waals surface area contributed by atoms with Crippen molar-refractivity contribution in [3.63, 3.8) is 0 Å². The lowest BCUT2D eigenvalue weighted by molar-refractivity contribution is 0.276. The molecule has 0 bridgehead atoms. The number of hydrogen-bond donors (Lipinski definition) is 1. The molecule has 19 heavy (non-hydrogen) atoms. The van der Waals surface area contributed by atoms with Crippen molar-refractivity contribution in [1.29, 1.82) is 0 Å². The van der Waals surface area contributed by atoms with Crippen LogP contribution in [0.2, 0.25) is 0 Å². The minimum atomic E-state index is 0.407. The zero-order valence-electron chi connectivity index (χ0n) is 13.5. The maximum Gasteiger partial charge on any atom is 0.0537 e. The van der Waals surface area contributed by atoms with Crippen LogP contribution in [0.3, 0.4) is 0 Å². The molecule has 0 aliphatic rings. The summed E-state index contributed by atoms with van der Waals surface area (Å²) in [7, 11) is 0. The van der Waals surface area contributed by atoms with Crippen LogP contribution in [0.1, 0.15) is 66.0 Å². The smallest absolute Gasteiger partial charge is 0.0537 e. The molecule has 0 radical (unpaired) electrons. The third-order valence-electron chi connectivity index (χ3n) is 3.43. The molecule has 0 saturated carbocycles. The summed E-state index contributed by atoms with van der Waals surface area (Å²) >= 11 is 0. The molecular weight excluding hydrogens is 234 g/mol. The van der Waals surface area contributed by atoms with Crippen LogP contribution in [0.5, 0.6) is 0 Å². The summed E-state index contributed by atoms with van der Waals surface area (Å²) < 4.78 is 2.01. The standard InChI is InChI=1S/C16H31N3/c1-7-17-15(9-13(3)10-16(4,5)6)14-11-18-19(8-2)12-14/h11-13,15,17H,7-10H2,1-6H3. The van der Waals surface area contributed by atoms with Gasteiger partial charge in [-0.25, -0.2) is 0 Å². The molecule has 0 aliphatic carbocycles. The van der Waals surface area contributed by atoms with Crippen LogP contribution in [0.15, 0.2) is 12.4 Å². The highest BCUT2D eigenvalue weighted by molar-refractivity contribution is 5.10. The summed E-state index contributed by atoms with van der Waals surface area (Å²) in [5.74, 6) is 0.717. The van der Waals surface area contributed by atoms with Gasteiger partial charge in [-0.15, -0.1) is 0 Å². The molecule has 1 heterocycles. The summed E-state index contributed by atoms with van der Waals surface area (Å²) in [6.45, 7) is 15.6. The fourth-order valence-electron chi connectivity index (χ4n) is 2.85. The Morgan fingerprint density at radius 2 is 2.00 bits per heavy atom. The molecule has 0 fully saturated rings. The first-order chi connectivity index (χ1) is 8.85. The van der Waals surface area contributed by atoms with E-state index in [4.69, 9.17) is 0 Å². The predicted molar refractivity (Wildman–Crippen MR) is 82.2 cm³/mol. The molecule has 0 saturated heterocycles. The molecule has 1 aromatic heterocycles. The molecule has 3 nitrogen and oxygen atoms in total. The van der Waals surface area contributed by atoms with Crippen molar-refractivity contribution in [2.45, 2.75) is 67.0 Å². The first kappa shape index (κ1) is 16.2. The molecule has 1 N–H and O–H groups in total. The lowest BCUT2D eigenvalue weighted by atomic mass is 9.82. The molecule has 1 rings (SSSR count). The average molecular weight is 265 g/mol. The van der Waals surface area contributed by atoms with Gasteiger partial charge in [0.25, 0.3) is 0 Å². The van der Waals surface area contributed by atoms with Gasteiger partial charge in [0.1, 0.15) is 0 Å². The molecule has 0 aromatic carbocycles.